The first kappa shape index (κ1) is 15.7. The summed E-state index contributed by atoms with van der Waals surface area (Å²) in [6.45, 7) is 0.310. The molecule has 0 N–H and O–H groups in total. The fourth-order valence-electron chi connectivity index (χ4n) is 2.24. The zero-order valence-corrected chi connectivity index (χ0v) is 14.2. The topological polar surface area (TPSA) is 68.1 Å². The minimum atomic E-state index is -3.64. The van der Waals surface area contributed by atoms with E-state index in [9.17, 15) is 8.42 Å². The van der Waals surface area contributed by atoms with Gasteiger partial charge in [-0.3, -0.25) is 4.68 Å². The molecule has 0 aliphatic heterocycles. The Hall–Kier alpha value is -2.19. The maximum absolute atomic E-state index is 12.9. The number of nitrogens with zero attached hydrogens (tertiary/aromatic N) is 4. The molecule has 0 radical (unpaired) electrons. The van der Waals surface area contributed by atoms with Crippen LogP contribution in [0.3, 0.4) is 0 Å². The minimum absolute atomic E-state index is 0.264. The number of aryl methyl sites for hydroxylation is 1. The van der Waals surface area contributed by atoms with E-state index in [1.54, 1.807) is 52.8 Å². The normalized spacial score (nSPS) is 11.5. The van der Waals surface area contributed by atoms with E-state index in [1.807, 2.05) is 13.1 Å². The molecule has 0 saturated heterocycles. The predicted octanol–water partition coefficient (Wildman–Crippen LogP) is 2.31. The van der Waals surface area contributed by atoms with Crippen LogP contribution >= 0.6 is 11.3 Å². The van der Waals surface area contributed by atoms with Gasteiger partial charge in [0.25, 0.3) is 10.0 Å². The largest absolute Gasteiger partial charge is 0.273 e. The van der Waals surface area contributed by atoms with E-state index in [0.29, 0.717) is 18.1 Å². The van der Waals surface area contributed by atoms with Crippen molar-refractivity contribution in [1.29, 1.82) is 0 Å². The smallest absolute Gasteiger partial charge is 0.266 e. The number of thiazole rings is 1. The third-order valence-electron chi connectivity index (χ3n) is 3.46. The van der Waals surface area contributed by atoms with Crippen molar-refractivity contribution >= 4 is 26.5 Å². The summed E-state index contributed by atoms with van der Waals surface area (Å²) in [4.78, 5) is 4.44. The van der Waals surface area contributed by atoms with Crippen molar-refractivity contribution in [3.8, 4) is 0 Å². The first-order chi connectivity index (χ1) is 11.1. The van der Waals surface area contributed by atoms with Gasteiger partial charge in [0.2, 0.25) is 0 Å². The van der Waals surface area contributed by atoms with E-state index < -0.39 is 10.0 Å². The Labute approximate surface area is 139 Å². The van der Waals surface area contributed by atoms with Crippen LogP contribution in [0.4, 0.5) is 5.13 Å². The van der Waals surface area contributed by atoms with Crippen molar-refractivity contribution < 1.29 is 8.42 Å². The SMILES string of the molecule is Cn1nccc1CCN(c1nccs1)S(=O)(=O)c1ccccc1. The molecule has 0 aliphatic carbocycles. The van der Waals surface area contributed by atoms with Gasteiger partial charge in [0.05, 0.1) is 4.90 Å². The molecule has 2 aromatic heterocycles. The second-order valence-corrected chi connectivity index (χ2v) is 7.64. The van der Waals surface area contributed by atoms with Gasteiger partial charge in [0.15, 0.2) is 5.13 Å². The molecule has 6 nitrogen and oxygen atoms in total. The van der Waals surface area contributed by atoms with Crippen LogP contribution in [-0.2, 0) is 23.5 Å². The van der Waals surface area contributed by atoms with Crippen molar-refractivity contribution in [2.45, 2.75) is 11.3 Å². The molecule has 3 aromatic rings. The van der Waals surface area contributed by atoms with Gasteiger partial charge in [-0.15, -0.1) is 11.3 Å². The number of benzene rings is 1. The van der Waals surface area contributed by atoms with Gasteiger partial charge in [-0.25, -0.2) is 17.7 Å². The van der Waals surface area contributed by atoms with Crippen molar-refractivity contribution in [1.82, 2.24) is 14.8 Å². The molecular weight excluding hydrogens is 332 g/mol. The van der Waals surface area contributed by atoms with Crippen LogP contribution in [0.1, 0.15) is 5.69 Å². The van der Waals surface area contributed by atoms with E-state index in [4.69, 9.17) is 0 Å². The lowest BCUT2D eigenvalue weighted by atomic mass is 10.3. The molecule has 23 heavy (non-hydrogen) atoms. The van der Waals surface area contributed by atoms with Crippen molar-refractivity contribution in [3.63, 3.8) is 0 Å². The second kappa shape index (κ2) is 6.51. The highest BCUT2D eigenvalue weighted by Gasteiger charge is 2.26. The first-order valence-corrected chi connectivity index (χ1v) is 9.35. The Bertz CT molecular complexity index is 858. The molecule has 0 amide bonds. The van der Waals surface area contributed by atoms with Crippen molar-refractivity contribution in [3.05, 3.63) is 59.9 Å². The van der Waals surface area contributed by atoms with E-state index >= 15 is 0 Å². The van der Waals surface area contributed by atoms with Crippen molar-refractivity contribution in [2.75, 3.05) is 10.8 Å². The number of anilines is 1. The van der Waals surface area contributed by atoms with Crippen LogP contribution in [-0.4, -0.2) is 29.7 Å². The van der Waals surface area contributed by atoms with Crippen LogP contribution < -0.4 is 4.31 Å². The lowest BCUT2D eigenvalue weighted by molar-refractivity contribution is 0.589. The van der Waals surface area contributed by atoms with Gasteiger partial charge < -0.3 is 0 Å². The van der Waals surface area contributed by atoms with Gasteiger partial charge in [-0.1, -0.05) is 18.2 Å². The van der Waals surface area contributed by atoms with E-state index in [1.165, 1.54) is 15.6 Å². The third-order valence-corrected chi connectivity index (χ3v) is 6.17. The summed E-state index contributed by atoms with van der Waals surface area (Å²) in [6.07, 6.45) is 3.87. The fraction of sp³-hybridized carbons (Fsp3) is 0.200. The van der Waals surface area contributed by atoms with Gasteiger partial charge >= 0.3 is 0 Å². The summed E-state index contributed by atoms with van der Waals surface area (Å²) in [5.41, 5.74) is 0.967. The Morgan fingerprint density at radius 1 is 1.17 bits per heavy atom. The summed E-state index contributed by atoms with van der Waals surface area (Å²) in [5, 5.41) is 6.35. The molecule has 0 atom stereocenters. The van der Waals surface area contributed by atoms with Crippen LogP contribution in [0.25, 0.3) is 0 Å². The molecule has 0 unspecified atom stereocenters. The Morgan fingerprint density at radius 3 is 2.57 bits per heavy atom. The summed E-state index contributed by atoms with van der Waals surface area (Å²) in [5.74, 6) is 0. The number of hydrogen-bond acceptors (Lipinski definition) is 5. The molecule has 3 rings (SSSR count). The van der Waals surface area contributed by atoms with E-state index in [0.717, 1.165) is 5.69 Å². The Balaban J connectivity index is 1.92. The average Bonchev–Trinajstić information content (AvgIpc) is 3.21. The minimum Gasteiger partial charge on any atom is -0.273 e. The van der Waals surface area contributed by atoms with Gasteiger partial charge in [0, 0.05) is 43.5 Å². The quantitative estimate of drug-likeness (QED) is 0.685. The maximum Gasteiger partial charge on any atom is 0.266 e. The van der Waals surface area contributed by atoms with E-state index in [2.05, 4.69) is 10.1 Å². The molecule has 0 aliphatic rings. The number of sulfonamides is 1. The summed E-state index contributed by atoms with van der Waals surface area (Å²) < 4.78 is 29.0. The van der Waals surface area contributed by atoms with Gasteiger partial charge in [-0.2, -0.15) is 5.10 Å². The lowest BCUT2D eigenvalue weighted by Gasteiger charge is -2.21. The Morgan fingerprint density at radius 2 is 1.96 bits per heavy atom. The van der Waals surface area contributed by atoms with Crippen molar-refractivity contribution in [2.24, 2.45) is 7.05 Å². The van der Waals surface area contributed by atoms with Crippen LogP contribution in [0.2, 0.25) is 0 Å². The summed E-state index contributed by atoms with van der Waals surface area (Å²) in [7, 11) is -1.80. The van der Waals surface area contributed by atoms with E-state index in [-0.39, 0.29) is 4.90 Å². The molecule has 0 saturated carbocycles. The van der Waals surface area contributed by atoms with Gasteiger partial charge in [0.1, 0.15) is 0 Å². The van der Waals surface area contributed by atoms with Crippen LogP contribution in [0.5, 0.6) is 0 Å². The van der Waals surface area contributed by atoms with Crippen LogP contribution in [0.15, 0.2) is 59.1 Å². The standard InChI is InChI=1S/C15H16N4O2S2/c1-18-13(7-9-17-18)8-11-19(15-16-10-12-22-15)23(20,21)14-5-3-2-4-6-14/h2-7,9-10,12H,8,11H2,1H3. The number of rotatable bonds is 6. The number of hydrogen-bond donors (Lipinski definition) is 0. The third kappa shape index (κ3) is 3.27. The highest BCUT2D eigenvalue weighted by atomic mass is 32.2. The number of aromatic nitrogens is 3. The average molecular weight is 348 g/mol. The second-order valence-electron chi connectivity index (χ2n) is 4.90. The molecule has 1 aromatic carbocycles. The molecule has 2 heterocycles. The maximum atomic E-state index is 12.9. The molecule has 0 spiro atoms. The molecule has 0 fully saturated rings. The monoisotopic (exact) mass is 348 g/mol. The Kier molecular flexibility index (Phi) is 4.44. The highest BCUT2D eigenvalue weighted by Crippen LogP contribution is 2.25. The molecule has 8 heteroatoms. The zero-order chi connectivity index (χ0) is 16.3. The molecule has 0 bridgehead atoms. The zero-order valence-electron chi connectivity index (χ0n) is 12.5. The molecule has 120 valence electrons. The fourth-order valence-corrected chi connectivity index (χ4v) is 4.58. The predicted molar refractivity (Wildman–Crippen MR) is 90.0 cm³/mol. The first-order valence-electron chi connectivity index (χ1n) is 7.03. The van der Waals surface area contributed by atoms with Gasteiger partial charge in [-0.05, 0) is 18.2 Å². The summed E-state index contributed by atoms with van der Waals surface area (Å²) >= 11 is 1.31. The molecular formula is C15H16N4O2S2. The summed E-state index contributed by atoms with van der Waals surface area (Å²) in [6, 6.07) is 10.3. The highest BCUT2D eigenvalue weighted by molar-refractivity contribution is 7.93. The van der Waals surface area contributed by atoms with Crippen LogP contribution in [0, 0.1) is 0 Å². The lowest BCUT2D eigenvalue weighted by Crippen LogP contribution is -2.33.